The van der Waals surface area contributed by atoms with Crippen molar-refractivity contribution in [2.24, 2.45) is 0 Å². The molecule has 0 saturated carbocycles. The fraction of sp³-hybridized carbons (Fsp3) is 0.263. The average Bonchev–Trinajstić information content (AvgIpc) is 3.17. The van der Waals surface area contributed by atoms with Gasteiger partial charge in [0.2, 0.25) is 0 Å². The Morgan fingerprint density at radius 3 is 2.60 bits per heavy atom. The molecule has 0 unspecified atom stereocenters. The summed E-state index contributed by atoms with van der Waals surface area (Å²) in [6, 6.07) is 13.3. The Labute approximate surface area is 146 Å². The number of methoxy groups -OCH3 is 1. The van der Waals surface area contributed by atoms with Crippen molar-refractivity contribution in [2.45, 2.75) is 25.9 Å². The maximum atomic E-state index is 14.3. The summed E-state index contributed by atoms with van der Waals surface area (Å²) < 4.78 is 20.9. The van der Waals surface area contributed by atoms with Crippen LogP contribution in [0.3, 0.4) is 0 Å². The van der Waals surface area contributed by atoms with Crippen LogP contribution >= 0.6 is 0 Å². The van der Waals surface area contributed by atoms with Gasteiger partial charge in [0.1, 0.15) is 29.9 Å². The minimum atomic E-state index is -0.317. The predicted molar refractivity (Wildman–Crippen MR) is 94.2 cm³/mol. The molecule has 1 atom stereocenters. The summed E-state index contributed by atoms with van der Waals surface area (Å²) in [6.07, 6.45) is 3.80. The lowest BCUT2D eigenvalue weighted by Crippen LogP contribution is -2.20. The van der Waals surface area contributed by atoms with E-state index in [0.29, 0.717) is 12.2 Å². The molecule has 0 amide bonds. The first-order valence-corrected chi connectivity index (χ1v) is 8.22. The molecule has 6 heteroatoms. The molecule has 3 aromatic rings. The number of hydrogen-bond acceptors (Lipinski definition) is 4. The molecule has 1 N–H and O–H groups in total. The van der Waals surface area contributed by atoms with Crippen molar-refractivity contribution in [3.8, 4) is 11.4 Å². The van der Waals surface area contributed by atoms with E-state index in [0.717, 1.165) is 17.7 Å². The third-order valence-corrected chi connectivity index (χ3v) is 4.16. The fourth-order valence-corrected chi connectivity index (χ4v) is 2.75. The number of nitrogens with one attached hydrogen (secondary N) is 1. The Morgan fingerprint density at radius 2 is 2.00 bits per heavy atom. The molecule has 0 saturated heterocycles. The molecule has 1 heterocycles. The summed E-state index contributed by atoms with van der Waals surface area (Å²) in [6.45, 7) is 2.70. The second kappa shape index (κ2) is 7.90. The van der Waals surface area contributed by atoms with Gasteiger partial charge in [0.25, 0.3) is 0 Å². The van der Waals surface area contributed by atoms with Crippen LogP contribution in [0.1, 0.15) is 30.5 Å². The molecule has 0 aliphatic rings. The van der Waals surface area contributed by atoms with E-state index >= 15 is 0 Å². The maximum absolute atomic E-state index is 14.3. The van der Waals surface area contributed by atoms with Gasteiger partial charge in [-0.2, -0.15) is 5.10 Å². The normalized spacial score (nSPS) is 12.1. The van der Waals surface area contributed by atoms with E-state index in [4.69, 9.17) is 4.74 Å². The van der Waals surface area contributed by atoms with Crippen LogP contribution in [0.2, 0.25) is 0 Å². The van der Waals surface area contributed by atoms with Gasteiger partial charge >= 0.3 is 0 Å². The minimum absolute atomic E-state index is 0.198. The molecule has 0 aliphatic carbocycles. The lowest BCUT2D eigenvalue weighted by atomic mass is 10.0. The zero-order valence-electron chi connectivity index (χ0n) is 14.3. The Bertz CT molecular complexity index is 803. The number of ether oxygens (including phenoxy) is 1. The smallest absolute Gasteiger partial charge is 0.149 e. The van der Waals surface area contributed by atoms with Crippen LogP contribution in [0.4, 0.5) is 4.39 Å². The molecule has 1 aromatic heterocycles. The van der Waals surface area contributed by atoms with E-state index in [-0.39, 0.29) is 11.9 Å². The Hall–Kier alpha value is -2.73. The molecule has 2 aromatic carbocycles. The molecule has 0 fully saturated rings. The van der Waals surface area contributed by atoms with E-state index in [1.54, 1.807) is 13.2 Å². The lowest BCUT2D eigenvalue weighted by Gasteiger charge is -2.18. The summed E-state index contributed by atoms with van der Waals surface area (Å²) >= 11 is 0. The average molecular weight is 340 g/mol. The van der Waals surface area contributed by atoms with Crippen LogP contribution in [0.15, 0.2) is 55.1 Å². The third kappa shape index (κ3) is 4.03. The first kappa shape index (κ1) is 17.1. The maximum Gasteiger partial charge on any atom is 0.149 e. The molecule has 0 spiro atoms. The van der Waals surface area contributed by atoms with Gasteiger partial charge in [-0.3, -0.25) is 0 Å². The zero-order valence-corrected chi connectivity index (χ0v) is 14.3. The van der Waals surface area contributed by atoms with E-state index in [9.17, 15) is 4.39 Å². The zero-order chi connectivity index (χ0) is 17.6. The van der Waals surface area contributed by atoms with Gasteiger partial charge in [-0.25, -0.2) is 14.1 Å². The van der Waals surface area contributed by atoms with E-state index < -0.39 is 0 Å². The molecule has 130 valence electrons. The summed E-state index contributed by atoms with van der Waals surface area (Å²) in [5.74, 6) is 0.520. The predicted octanol–water partition coefficient (Wildman–Crippen LogP) is 3.66. The van der Waals surface area contributed by atoms with Gasteiger partial charge in [-0.15, -0.1) is 0 Å². The van der Waals surface area contributed by atoms with Gasteiger partial charge in [-0.05, 0) is 41.8 Å². The summed E-state index contributed by atoms with van der Waals surface area (Å²) in [7, 11) is 1.65. The van der Waals surface area contributed by atoms with Crippen molar-refractivity contribution in [2.75, 3.05) is 7.11 Å². The Balaban J connectivity index is 1.68. The van der Waals surface area contributed by atoms with Crippen LogP contribution in [0, 0.1) is 5.82 Å². The van der Waals surface area contributed by atoms with Crippen LogP contribution < -0.4 is 10.1 Å². The van der Waals surface area contributed by atoms with Crippen LogP contribution in [-0.4, -0.2) is 21.9 Å². The topological polar surface area (TPSA) is 52.0 Å². The monoisotopic (exact) mass is 340 g/mol. The number of benzene rings is 2. The lowest BCUT2D eigenvalue weighted by molar-refractivity contribution is 0.414. The van der Waals surface area contributed by atoms with Crippen molar-refractivity contribution in [1.29, 1.82) is 0 Å². The largest absolute Gasteiger partial charge is 0.497 e. The minimum Gasteiger partial charge on any atom is -0.497 e. The fourth-order valence-electron chi connectivity index (χ4n) is 2.75. The van der Waals surface area contributed by atoms with Gasteiger partial charge in [0, 0.05) is 12.6 Å². The standard InChI is InChI=1S/C19H21FN4O/c1-3-18(15-5-7-16(25-2)8-6-15)22-11-14-4-9-19(17(20)10-14)24-13-21-12-23-24/h4-10,12-13,18,22H,3,11H2,1-2H3/t18-/m0/s1. The SMILES string of the molecule is CC[C@H](NCc1ccc(-n2cncn2)c(F)c1)c1ccc(OC)cc1. The number of rotatable bonds is 7. The highest BCUT2D eigenvalue weighted by Crippen LogP contribution is 2.21. The molecule has 3 rings (SSSR count). The van der Waals surface area contributed by atoms with Gasteiger partial charge in [-0.1, -0.05) is 25.1 Å². The second-order valence-electron chi connectivity index (χ2n) is 5.74. The highest BCUT2D eigenvalue weighted by Gasteiger charge is 2.11. The van der Waals surface area contributed by atoms with Crippen molar-refractivity contribution >= 4 is 0 Å². The highest BCUT2D eigenvalue weighted by molar-refractivity contribution is 5.35. The van der Waals surface area contributed by atoms with Crippen LogP contribution in [-0.2, 0) is 6.54 Å². The van der Waals surface area contributed by atoms with Gasteiger partial charge < -0.3 is 10.1 Å². The van der Waals surface area contributed by atoms with Crippen molar-refractivity contribution in [3.05, 3.63) is 72.1 Å². The van der Waals surface area contributed by atoms with Crippen molar-refractivity contribution in [1.82, 2.24) is 20.1 Å². The van der Waals surface area contributed by atoms with E-state index in [1.807, 2.05) is 30.3 Å². The number of halogens is 1. The number of hydrogen-bond donors (Lipinski definition) is 1. The molecule has 5 nitrogen and oxygen atoms in total. The molecular formula is C19H21FN4O. The molecular weight excluding hydrogens is 319 g/mol. The summed E-state index contributed by atoms with van der Waals surface area (Å²) in [4.78, 5) is 3.84. The van der Waals surface area contributed by atoms with Crippen molar-refractivity contribution in [3.63, 3.8) is 0 Å². The van der Waals surface area contributed by atoms with Gasteiger partial charge in [0.05, 0.1) is 7.11 Å². The van der Waals surface area contributed by atoms with E-state index in [1.165, 1.54) is 29.0 Å². The summed E-state index contributed by atoms with van der Waals surface area (Å²) in [5.41, 5.74) is 2.46. The second-order valence-corrected chi connectivity index (χ2v) is 5.74. The van der Waals surface area contributed by atoms with E-state index in [2.05, 4.69) is 22.3 Å². The first-order chi connectivity index (χ1) is 12.2. The van der Waals surface area contributed by atoms with Crippen LogP contribution in [0.5, 0.6) is 5.75 Å². The highest BCUT2D eigenvalue weighted by atomic mass is 19.1. The summed E-state index contributed by atoms with van der Waals surface area (Å²) in [5, 5.41) is 7.44. The van der Waals surface area contributed by atoms with Crippen molar-refractivity contribution < 1.29 is 9.13 Å². The Kier molecular flexibility index (Phi) is 5.40. The molecule has 25 heavy (non-hydrogen) atoms. The van der Waals surface area contributed by atoms with Gasteiger partial charge in [0.15, 0.2) is 0 Å². The first-order valence-electron chi connectivity index (χ1n) is 8.22. The number of nitrogens with zero attached hydrogens (tertiary/aromatic N) is 3. The van der Waals surface area contributed by atoms with Crippen LogP contribution in [0.25, 0.3) is 5.69 Å². The molecule has 0 aliphatic heterocycles. The Morgan fingerprint density at radius 1 is 1.20 bits per heavy atom. The molecule has 0 bridgehead atoms. The number of aromatic nitrogens is 3. The molecule has 0 radical (unpaired) electrons. The quantitative estimate of drug-likeness (QED) is 0.713. The third-order valence-electron chi connectivity index (χ3n) is 4.16.